The van der Waals surface area contributed by atoms with Crippen LogP contribution in [0.15, 0.2) is 12.7 Å². The van der Waals surface area contributed by atoms with Crippen LogP contribution in [0.2, 0.25) is 0 Å². The second kappa shape index (κ2) is 5.50. The minimum Gasteiger partial charge on any atom is -0.368 e. The van der Waals surface area contributed by atoms with Gasteiger partial charge in [0.1, 0.15) is 12.1 Å². The van der Waals surface area contributed by atoms with Gasteiger partial charge in [-0.2, -0.15) is 0 Å². The lowest BCUT2D eigenvalue weighted by Crippen LogP contribution is -2.47. The van der Waals surface area contributed by atoms with Crippen molar-refractivity contribution in [3.8, 4) is 0 Å². The number of nitrogens with two attached hydrogens (primary N) is 1. The number of primary amides is 1. The summed E-state index contributed by atoms with van der Waals surface area (Å²) in [5.74, 6) is -0.820. The molecule has 1 saturated heterocycles. The quantitative estimate of drug-likeness (QED) is 0.614. The van der Waals surface area contributed by atoms with Gasteiger partial charge >= 0.3 is 0 Å². The number of hydrogen-bond acceptors (Lipinski definition) is 3. The second-order valence-corrected chi connectivity index (χ2v) is 3.49. The number of ether oxygens (including phenoxy) is 1. The van der Waals surface area contributed by atoms with Crippen LogP contribution in [0.3, 0.4) is 0 Å². The Labute approximate surface area is 88.7 Å². The topological polar surface area (TPSA) is 81.4 Å². The monoisotopic (exact) mass is 212 g/mol. The number of carbonyl (C=O) groups excluding carboxylic acids is 2. The van der Waals surface area contributed by atoms with Gasteiger partial charge in [-0.3, -0.25) is 9.59 Å². The van der Waals surface area contributed by atoms with E-state index in [4.69, 9.17) is 10.5 Å². The summed E-state index contributed by atoms with van der Waals surface area (Å²) in [5, 5.41) is 2.55. The molecule has 1 aliphatic rings. The molecule has 2 atom stereocenters. The number of nitrogens with one attached hydrogen (secondary N) is 1. The Kier molecular flexibility index (Phi) is 4.30. The van der Waals surface area contributed by atoms with Crippen LogP contribution >= 0.6 is 0 Å². The van der Waals surface area contributed by atoms with Crippen molar-refractivity contribution >= 4 is 11.8 Å². The third-order valence-corrected chi connectivity index (χ3v) is 2.28. The average molecular weight is 212 g/mol. The maximum absolute atomic E-state index is 11.6. The van der Waals surface area contributed by atoms with Gasteiger partial charge in [0, 0.05) is 6.61 Å². The van der Waals surface area contributed by atoms with E-state index >= 15 is 0 Å². The lowest BCUT2D eigenvalue weighted by molar-refractivity contribution is -0.133. The maximum Gasteiger partial charge on any atom is 0.249 e. The van der Waals surface area contributed by atoms with Gasteiger partial charge in [0.15, 0.2) is 0 Å². The number of amides is 2. The Balaban J connectivity index is 2.45. The molecule has 0 saturated carbocycles. The Bertz CT molecular complexity index is 259. The summed E-state index contributed by atoms with van der Waals surface area (Å²) in [6, 6.07) is -0.681. The molecule has 5 nitrogen and oxygen atoms in total. The van der Waals surface area contributed by atoms with Crippen LogP contribution < -0.4 is 11.1 Å². The summed E-state index contributed by atoms with van der Waals surface area (Å²) in [6.07, 6.45) is 3.03. The van der Waals surface area contributed by atoms with Gasteiger partial charge in [0.25, 0.3) is 0 Å². The third kappa shape index (κ3) is 3.36. The summed E-state index contributed by atoms with van der Waals surface area (Å²) < 4.78 is 5.18. The van der Waals surface area contributed by atoms with E-state index in [1.165, 1.54) is 0 Å². The Hall–Kier alpha value is -1.36. The van der Waals surface area contributed by atoms with E-state index < -0.39 is 18.1 Å². The highest BCUT2D eigenvalue weighted by molar-refractivity contribution is 5.88. The molecule has 0 spiro atoms. The lowest BCUT2D eigenvalue weighted by atomic mass is 10.1. The number of carbonyl (C=O) groups is 2. The first-order chi connectivity index (χ1) is 7.15. The summed E-state index contributed by atoms with van der Waals surface area (Å²) in [4.78, 5) is 22.5. The first kappa shape index (κ1) is 11.7. The molecule has 1 rings (SSSR count). The average Bonchev–Trinajstić information content (AvgIpc) is 2.69. The highest BCUT2D eigenvalue weighted by Crippen LogP contribution is 2.12. The SMILES string of the molecule is C=CC[C@@H](NC(=O)[C@H]1CCCO1)C(N)=O. The van der Waals surface area contributed by atoms with E-state index in [2.05, 4.69) is 11.9 Å². The third-order valence-electron chi connectivity index (χ3n) is 2.28. The predicted molar refractivity (Wildman–Crippen MR) is 54.9 cm³/mol. The van der Waals surface area contributed by atoms with E-state index in [1.807, 2.05) is 0 Å². The fourth-order valence-electron chi connectivity index (χ4n) is 1.46. The smallest absolute Gasteiger partial charge is 0.249 e. The van der Waals surface area contributed by atoms with Crippen LogP contribution in [-0.4, -0.2) is 30.6 Å². The van der Waals surface area contributed by atoms with Crippen LogP contribution in [0.4, 0.5) is 0 Å². The maximum atomic E-state index is 11.6. The molecule has 0 aromatic rings. The highest BCUT2D eigenvalue weighted by Gasteiger charge is 2.26. The molecule has 0 aromatic carbocycles. The van der Waals surface area contributed by atoms with Gasteiger partial charge in [-0.1, -0.05) is 6.08 Å². The molecule has 15 heavy (non-hydrogen) atoms. The van der Waals surface area contributed by atoms with Gasteiger partial charge in [0.2, 0.25) is 11.8 Å². The molecule has 1 fully saturated rings. The van der Waals surface area contributed by atoms with Crippen LogP contribution in [0.5, 0.6) is 0 Å². The fourth-order valence-corrected chi connectivity index (χ4v) is 1.46. The van der Waals surface area contributed by atoms with E-state index in [-0.39, 0.29) is 5.91 Å². The first-order valence-corrected chi connectivity index (χ1v) is 4.97. The van der Waals surface area contributed by atoms with Gasteiger partial charge in [-0.25, -0.2) is 0 Å². The highest BCUT2D eigenvalue weighted by atomic mass is 16.5. The molecule has 0 aliphatic carbocycles. The van der Waals surface area contributed by atoms with Crippen LogP contribution in [0, 0.1) is 0 Å². The minimum absolute atomic E-state index is 0.266. The summed E-state index contributed by atoms with van der Waals surface area (Å²) >= 11 is 0. The normalized spacial score (nSPS) is 22.0. The van der Waals surface area contributed by atoms with E-state index in [0.29, 0.717) is 19.4 Å². The largest absolute Gasteiger partial charge is 0.368 e. The number of hydrogen-bond donors (Lipinski definition) is 2. The molecule has 0 bridgehead atoms. The van der Waals surface area contributed by atoms with Crippen LogP contribution in [-0.2, 0) is 14.3 Å². The molecule has 0 radical (unpaired) electrons. The first-order valence-electron chi connectivity index (χ1n) is 4.97. The summed E-state index contributed by atoms with van der Waals surface area (Å²) in [5.41, 5.74) is 5.13. The Morgan fingerprint density at radius 1 is 1.67 bits per heavy atom. The van der Waals surface area contributed by atoms with Crippen LogP contribution in [0.25, 0.3) is 0 Å². The van der Waals surface area contributed by atoms with E-state index in [1.54, 1.807) is 6.08 Å². The van der Waals surface area contributed by atoms with Gasteiger partial charge in [-0.15, -0.1) is 6.58 Å². The minimum atomic E-state index is -0.681. The molecule has 0 aromatic heterocycles. The standard InChI is InChI=1S/C10H16N2O3/c1-2-4-7(9(11)13)12-10(14)8-5-3-6-15-8/h2,7-8H,1,3-6H2,(H2,11,13)(H,12,14)/t7-,8-/m1/s1. The van der Waals surface area contributed by atoms with Gasteiger partial charge in [0.05, 0.1) is 0 Å². The molecule has 0 unspecified atom stereocenters. The fraction of sp³-hybridized carbons (Fsp3) is 0.600. The Morgan fingerprint density at radius 3 is 2.87 bits per heavy atom. The predicted octanol–water partition coefficient (Wildman–Crippen LogP) is -0.288. The van der Waals surface area contributed by atoms with Crippen molar-refractivity contribution in [1.29, 1.82) is 0 Å². The summed E-state index contributed by atoms with van der Waals surface area (Å²) in [7, 11) is 0. The van der Waals surface area contributed by atoms with Gasteiger partial charge < -0.3 is 15.8 Å². The second-order valence-electron chi connectivity index (χ2n) is 3.49. The molecule has 2 amide bonds. The van der Waals surface area contributed by atoms with Crippen molar-refractivity contribution in [2.75, 3.05) is 6.61 Å². The molecule has 1 aliphatic heterocycles. The number of rotatable bonds is 5. The zero-order valence-electron chi connectivity index (χ0n) is 8.57. The molecule has 3 N–H and O–H groups in total. The van der Waals surface area contributed by atoms with Gasteiger partial charge in [-0.05, 0) is 19.3 Å². The van der Waals surface area contributed by atoms with Crippen molar-refractivity contribution in [3.63, 3.8) is 0 Å². The van der Waals surface area contributed by atoms with E-state index in [9.17, 15) is 9.59 Å². The van der Waals surface area contributed by atoms with E-state index in [0.717, 1.165) is 6.42 Å². The molecular formula is C10H16N2O3. The molecule has 5 heteroatoms. The zero-order valence-corrected chi connectivity index (χ0v) is 8.57. The van der Waals surface area contributed by atoms with Crippen LogP contribution in [0.1, 0.15) is 19.3 Å². The summed E-state index contributed by atoms with van der Waals surface area (Å²) in [6.45, 7) is 4.10. The molecule has 1 heterocycles. The Morgan fingerprint density at radius 2 is 2.40 bits per heavy atom. The molecule has 84 valence electrons. The van der Waals surface area contributed by atoms with Crippen molar-refractivity contribution in [2.24, 2.45) is 5.73 Å². The van der Waals surface area contributed by atoms with Crippen molar-refractivity contribution < 1.29 is 14.3 Å². The van der Waals surface area contributed by atoms with Crippen molar-refractivity contribution in [1.82, 2.24) is 5.32 Å². The van der Waals surface area contributed by atoms with Crippen molar-refractivity contribution in [2.45, 2.75) is 31.4 Å². The lowest BCUT2D eigenvalue weighted by Gasteiger charge is -2.16. The van der Waals surface area contributed by atoms with Crippen molar-refractivity contribution in [3.05, 3.63) is 12.7 Å². The molecular weight excluding hydrogens is 196 g/mol. The zero-order chi connectivity index (χ0) is 11.3.